The lowest BCUT2D eigenvalue weighted by Crippen LogP contribution is -2.52. The third-order valence-electron chi connectivity index (χ3n) is 9.06. The van der Waals surface area contributed by atoms with Crippen LogP contribution in [-0.2, 0) is 0 Å². The Balaban J connectivity index is 1.64. The summed E-state index contributed by atoms with van der Waals surface area (Å²) >= 11 is 0. The second-order valence-corrected chi connectivity index (χ2v) is 9.43. The molecule has 0 aromatic rings. The van der Waals surface area contributed by atoms with Crippen LogP contribution in [0.25, 0.3) is 0 Å². The standard InChI is InChI=1S/C20H34/c1-14-7-10-17-16-9-8-15-6-4-5-12-20(15,3)18(16)11-13-19(14,17)2/h14-18H,4-13H2,1-3H3. The molecular formula is C20H34. The third-order valence-corrected chi connectivity index (χ3v) is 9.06. The number of hydrogen-bond donors (Lipinski definition) is 0. The van der Waals surface area contributed by atoms with Gasteiger partial charge < -0.3 is 0 Å². The highest BCUT2D eigenvalue weighted by molar-refractivity contribution is 5.07. The molecule has 0 aromatic heterocycles. The van der Waals surface area contributed by atoms with E-state index in [1.807, 2.05) is 0 Å². The summed E-state index contributed by atoms with van der Waals surface area (Å²) in [6.45, 7) is 7.91. The fourth-order valence-electron chi connectivity index (χ4n) is 7.56. The lowest BCUT2D eigenvalue weighted by molar-refractivity contribution is -0.109. The first-order valence-corrected chi connectivity index (χ1v) is 9.56. The SMILES string of the molecule is CC1CCC2C3CCC4CCCCC4(C)C3CCC12C. The molecule has 0 radical (unpaired) electrons. The van der Waals surface area contributed by atoms with Crippen molar-refractivity contribution in [1.82, 2.24) is 0 Å². The normalized spacial score (nSPS) is 58.6. The van der Waals surface area contributed by atoms with Crippen LogP contribution < -0.4 is 0 Å². The number of rotatable bonds is 0. The lowest BCUT2D eigenvalue weighted by atomic mass is 9.45. The van der Waals surface area contributed by atoms with Gasteiger partial charge >= 0.3 is 0 Å². The summed E-state index contributed by atoms with van der Waals surface area (Å²) in [4.78, 5) is 0. The minimum Gasteiger partial charge on any atom is -0.0620 e. The summed E-state index contributed by atoms with van der Waals surface area (Å²) in [5, 5.41) is 0. The van der Waals surface area contributed by atoms with E-state index in [4.69, 9.17) is 0 Å². The maximum atomic E-state index is 2.70. The van der Waals surface area contributed by atoms with Crippen LogP contribution in [0, 0.1) is 40.4 Å². The van der Waals surface area contributed by atoms with Crippen molar-refractivity contribution in [3.05, 3.63) is 0 Å². The van der Waals surface area contributed by atoms with E-state index < -0.39 is 0 Å². The highest BCUT2D eigenvalue weighted by atomic mass is 14.6. The minimum atomic E-state index is 0.707. The molecule has 0 heterocycles. The van der Waals surface area contributed by atoms with Crippen LogP contribution >= 0.6 is 0 Å². The molecule has 0 aromatic carbocycles. The van der Waals surface area contributed by atoms with E-state index in [1.165, 1.54) is 19.3 Å². The largest absolute Gasteiger partial charge is 0.0620 e. The Bertz CT molecular complexity index is 385. The summed E-state index contributed by atoms with van der Waals surface area (Å²) in [6.07, 6.45) is 15.5. The second kappa shape index (κ2) is 4.50. The van der Waals surface area contributed by atoms with Gasteiger partial charge in [-0.3, -0.25) is 0 Å². The van der Waals surface area contributed by atoms with Crippen LogP contribution in [0.3, 0.4) is 0 Å². The first-order valence-electron chi connectivity index (χ1n) is 9.56. The molecule has 4 saturated carbocycles. The molecule has 0 amide bonds. The molecule has 4 aliphatic rings. The van der Waals surface area contributed by atoms with Gasteiger partial charge in [0.15, 0.2) is 0 Å². The van der Waals surface area contributed by atoms with Gasteiger partial charge in [-0.2, -0.15) is 0 Å². The molecule has 0 N–H and O–H groups in total. The van der Waals surface area contributed by atoms with Gasteiger partial charge in [0.25, 0.3) is 0 Å². The average Bonchev–Trinajstić information content (AvgIpc) is 2.74. The second-order valence-electron chi connectivity index (χ2n) is 9.43. The predicted molar refractivity (Wildman–Crippen MR) is 85.5 cm³/mol. The highest BCUT2D eigenvalue weighted by Crippen LogP contribution is 2.67. The predicted octanol–water partition coefficient (Wildman–Crippen LogP) is 6.06. The van der Waals surface area contributed by atoms with Crippen molar-refractivity contribution < 1.29 is 0 Å². The van der Waals surface area contributed by atoms with Crippen LogP contribution in [0.15, 0.2) is 0 Å². The zero-order valence-corrected chi connectivity index (χ0v) is 14.0. The number of hydrogen-bond acceptors (Lipinski definition) is 0. The summed E-state index contributed by atoms with van der Waals surface area (Å²) in [6, 6.07) is 0. The Hall–Kier alpha value is 0. The molecule has 0 bridgehead atoms. The summed E-state index contributed by atoms with van der Waals surface area (Å²) in [7, 11) is 0. The van der Waals surface area contributed by atoms with E-state index in [2.05, 4.69) is 20.8 Å². The van der Waals surface area contributed by atoms with Gasteiger partial charge in [-0.15, -0.1) is 0 Å². The van der Waals surface area contributed by atoms with Gasteiger partial charge in [0.05, 0.1) is 0 Å². The average molecular weight is 274 g/mol. The minimum absolute atomic E-state index is 0.707. The Morgan fingerprint density at radius 2 is 1.50 bits per heavy atom. The zero-order valence-electron chi connectivity index (χ0n) is 14.0. The van der Waals surface area contributed by atoms with Crippen molar-refractivity contribution >= 4 is 0 Å². The maximum absolute atomic E-state index is 2.70. The van der Waals surface area contributed by atoms with Gasteiger partial charge in [-0.05, 0) is 91.8 Å². The fourth-order valence-corrected chi connectivity index (χ4v) is 7.56. The van der Waals surface area contributed by atoms with Crippen molar-refractivity contribution in [2.75, 3.05) is 0 Å². The zero-order chi connectivity index (χ0) is 14.0. The van der Waals surface area contributed by atoms with Gasteiger partial charge in [-0.1, -0.05) is 33.6 Å². The van der Waals surface area contributed by atoms with E-state index in [0.717, 1.165) is 35.0 Å². The van der Waals surface area contributed by atoms with Crippen molar-refractivity contribution in [3.63, 3.8) is 0 Å². The molecule has 20 heavy (non-hydrogen) atoms. The Morgan fingerprint density at radius 3 is 2.35 bits per heavy atom. The first kappa shape index (κ1) is 13.6. The van der Waals surface area contributed by atoms with Crippen LogP contribution in [-0.4, -0.2) is 0 Å². The van der Waals surface area contributed by atoms with E-state index >= 15 is 0 Å². The van der Waals surface area contributed by atoms with E-state index in [1.54, 1.807) is 44.9 Å². The lowest BCUT2D eigenvalue weighted by Gasteiger charge is -2.60. The molecule has 114 valence electrons. The molecule has 0 spiro atoms. The van der Waals surface area contributed by atoms with E-state index in [-0.39, 0.29) is 0 Å². The molecule has 4 rings (SSSR count). The van der Waals surface area contributed by atoms with Gasteiger partial charge in [0.1, 0.15) is 0 Å². The van der Waals surface area contributed by atoms with Crippen molar-refractivity contribution in [3.8, 4) is 0 Å². The van der Waals surface area contributed by atoms with E-state index in [9.17, 15) is 0 Å². The molecule has 0 saturated heterocycles. The summed E-state index contributed by atoms with van der Waals surface area (Å²) in [5.41, 5.74) is 1.44. The smallest absolute Gasteiger partial charge is 0.0266 e. The fraction of sp³-hybridized carbons (Fsp3) is 1.00. The van der Waals surface area contributed by atoms with E-state index in [0.29, 0.717) is 5.41 Å². The Morgan fingerprint density at radius 1 is 0.700 bits per heavy atom. The van der Waals surface area contributed by atoms with Crippen molar-refractivity contribution in [2.45, 2.75) is 85.0 Å². The van der Waals surface area contributed by atoms with Crippen LogP contribution in [0.4, 0.5) is 0 Å². The molecule has 0 aliphatic heterocycles. The van der Waals surface area contributed by atoms with Gasteiger partial charge in [-0.25, -0.2) is 0 Å². The third kappa shape index (κ3) is 1.66. The van der Waals surface area contributed by atoms with Crippen LogP contribution in [0.2, 0.25) is 0 Å². The highest BCUT2D eigenvalue weighted by Gasteiger charge is 2.58. The summed E-state index contributed by atoms with van der Waals surface area (Å²) in [5.74, 6) is 5.34. The van der Waals surface area contributed by atoms with Crippen LogP contribution in [0.1, 0.15) is 85.0 Å². The molecule has 4 fully saturated rings. The molecule has 7 atom stereocenters. The molecule has 4 aliphatic carbocycles. The molecule has 7 unspecified atom stereocenters. The maximum Gasteiger partial charge on any atom is -0.0266 e. The monoisotopic (exact) mass is 274 g/mol. The van der Waals surface area contributed by atoms with Crippen molar-refractivity contribution in [1.29, 1.82) is 0 Å². The summed E-state index contributed by atoms with van der Waals surface area (Å²) < 4.78 is 0. The first-order chi connectivity index (χ1) is 9.56. The number of fused-ring (bicyclic) bond motifs is 5. The topological polar surface area (TPSA) is 0 Å². The van der Waals surface area contributed by atoms with Crippen LogP contribution in [0.5, 0.6) is 0 Å². The van der Waals surface area contributed by atoms with Gasteiger partial charge in [0.2, 0.25) is 0 Å². The quantitative estimate of drug-likeness (QED) is 0.504. The van der Waals surface area contributed by atoms with Crippen molar-refractivity contribution in [2.24, 2.45) is 40.4 Å². The molecular weight excluding hydrogens is 240 g/mol. The van der Waals surface area contributed by atoms with Gasteiger partial charge in [0, 0.05) is 0 Å². The Labute approximate surface area is 126 Å². The molecule has 0 nitrogen and oxygen atoms in total. The molecule has 0 heteroatoms. The Kier molecular flexibility index (Phi) is 3.07.